The molecule has 0 bridgehead atoms. The Hall–Kier alpha value is -2.49. The highest BCUT2D eigenvalue weighted by molar-refractivity contribution is 5.82. The standard InChI is InChI=1S/C20H29N3O6/c21-17(20(26)28-13-10-23-8-11-27-12-9-23)6-7-18(24)22-14-19(25)29-15-16-4-2-1-3-5-16/h1-5,17H,6-15,21H2,(H,22,24). The molecule has 0 saturated carbocycles. The maximum atomic E-state index is 11.9. The summed E-state index contributed by atoms with van der Waals surface area (Å²) in [6.07, 6.45) is 0.160. The average molecular weight is 407 g/mol. The van der Waals surface area contributed by atoms with Crippen molar-refractivity contribution < 1.29 is 28.6 Å². The van der Waals surface area contributed by atoms with Gasteiger partial charge in [-0.15, -0.1) is 0 Å². The van der Waals surface area contributed by atoms with Gasteiger partial charge in [0.1, 0.15) is 25.8 Å². The quantitative estimate of drug-likeness (QED) is 0.485. The zero-order valence-electron chi connectivity index (χ0n) is 16.5. The van der Waals surface area contributed by atoms with Crippen molar-refractivity contribution in [2.75, 3.05) is 46.0 Å². The third-order valence-corrected chi connectivity index (χ3v) is 4.41. The minimum Gasteiger partial charge on any atom is -0.463 e. The summed E-state index contributed by atoms with van der Waals surface area (Å²) >= 11 is 0. The number of hydrogen-bond donors (Lipinski definition) is 2. The van der Waals surface area contributed by atoms with Gasteiger partial charge in [-0.3, -0.25) is 19.3 Å². The van der Waals surface area contributed by atoms with E-state index >= 15 is 0 Å². The highest BCUT2D eigenvalue weighted by Crippen LogP contribution is 2.01. The van der Waals surface area contributed by atoms with Crippen LogP contribution in [0.25, 0.3) is 0 Å². The van der Waals surface area contributed by atoms with E-state index in [1.807, 2.05) is 30.3 Å². The molecule has 3 N–H and O–H groups in total. The van der Waals surface area contributed by atoms with E-state index in [-0.39, 0.29) is 38.5 Å². The molecule has 1 fully saturated rings. The first-order valence-electron chi connectivity index (χ1n) is 9.73. The van der Waals surface area contributed by atoms with Crippen LogP contribution in [0.15, 0.2) is 30.3 Å². The number of nitrogens with zero attached hydrogens (tertiary/aromatic N) is 1. The van der Waals surface area contributed by atoms with Crippen LogP contribution in [0.2, 0.25) is 0 Å². The van der Waals surface area contributed by atoms with Crippen molar-refractivity contribution in [1.29, 1.82) is 0 Å². The van der Waals surface area contributed by atoms with Gasteiger partial charge < -0.3 is 25.3 Å². The van der Waals surface area contributed by atoms with Crippen LogP contribution in [0.4, 0.5) is 0 Å². The fourth-order valence-corrected chi connectivity index (χ4v) is 2.66. The van der Waals surface area contributed by atoms with E-state index in [9.17, 15) is 14.4 Å². The molecule has 1 amide bonds. The van der Waals surface area contributed by atoms with Gasteiger partial charge in [0.25, 0.3) is 0 Å². The number of nitrogens with two attached hydrogens (primary N) is 1. The van der Waals surface area contributed by atoms with E-state index in [1.165, 1.54) is 0 Å². The van der Waals surface area contributed by atoms with Crippen molar-refractivity contribution in [1.82, 2.24) is 10.2 Å². The molecule has 9 heteroatoms. The number of ether oxygens (including phenoxy) is 3. The Morgan fingerprint density at radius 2 is 1.86 bits per heavy atom. The molecule has 1 aromatic carbocycles. The second-order valence-electron chi connectivity index (χ2n) is 6.69. The van der Waals surface area contributed by atoms with Gasteiger partial charge in [0.2, 0.25) is 5.91 Å². The molecule has 0 aromatic heterocycles. The summed E-state index contributed by atoms with van der Waals surface area (Å²) in [4.78, 5) is 37.5. The van der Waals surface area contributed by atoms with Crippen molar-refractivity contribution in [2.45, 2.75) is 25.5 Å². The summed E-state index contributed by atoms with van der Waals surface area (Å²) in [7, 11) is 0. The monoisotopic (exact) mass is 407 g/mol. The Labute approximate surface area is 170 Å². The molecule has 0 aliphatic carbocycles. The normalized spacial score (nSPS) is 15.3. The molecule has 9 nitrogen and oxygen atoms in total. The lowest BCUT2D eigenvalue weighted by Gasteiger charge is -2.26. The van der Waals surface area contributed by atoms with E-state index < -0.39 is 18.0 Å². The molecule has 29 heavy (non-hydrogen) atoms. The first-order chi connectivity index (χ1) is 14.0. The molecule has 160 valence electrons. The molecule has 1 saturated heterocycles. The molecule has 1 aliphatic heterocycles. The summed E-state index contributed by atoms with van der Waals surface area (Å²) in [5, 5.41) is 2.46. The number of esters is 2. The molecule has 1 aromatic rings. The molecule has 0 radical (unpaired) electrons. The Bertz CT molecular complexity index is 649. The summed E-state index contributed by atoms with van der Waals surface area (Å²) in [6, 6.07) is 8.37. The minimum absolute atomic E-state index is 0.0195. The SMILES string of the molecule is NC(CCC(=O)NCC(=O)OCc1ccccc1)C(=O)OCCN1CCOCC1. The molecular weight excluding hydrogens is 378 g/mol. The Kier molecular flexibility index (Phi) is 10.1. The number of rotatable bonds is 11. The fourth-order valence-electron chi connectivity index (χ4n) is 2.66. The molecular formula is C20H29N3O6. The van der Waals surface area contributed by atoms with Gasteiger partial charge in [0.15, 0.2) is 0 Å². The lowest BCUT2D eigenvalue weighted by atomic mass is 10.1. The zero-order chi connectivity index (χ0) is 20.9. The third kappa shape index (κ3) is 9.51. The minimum atomic E-state index is -0.879. The van der Waals surface area contributed by atoms with Crippen molar-refractivity contribution in [3.8, 4) is 0 Å². The van der Waals surface area contributed by atoms with Crippen LogP contribution in [0.1, 0.15) is 18.4 Å². The topological polar surface area (TPSA) is 120 Å². The number of carbonyl (C=O) groups is 3. The smallest absolute Gasteiger partial charge is 0.325 e. The van der Waals surface area contributed by atoms with Crippen molar-refractivity contribution >= 4 is 17.8 Å². The summed E-state index contributed by atoms with van der Waals surface area (Å²) in [5.74, 6) is -1.44. The fraction of sp³-hybridized carbons (Fsp3) is 0.550. The van der Waals surface area contributed by atoms with Crippen LogP contribution in [0.3, 0.4) is 0 Å². The molecule has 0 spiro atoms. The largest absolute Gasteiger partial charge is 0.463 e. The van der Waals surface area contributed by atoms with Crippen LogP contribution in [0, 0.1) is 0 Å². The highest BCUT2D eigenvalue weighted by atomic mass is 16.5. The molecule has 1 heterocycles. The van der Waals surface area contributed by atoms with E-state index in [1.54, 1.807) is 0 Å². The number of morpholine rings is 1. The first kappa shape index (κ1) is 22.8. The second-order valence-corrected chi connectivity index (χ2v) is 6.69. The number of nitrogens with one attached hydrogen (secondary N) is 1. The van der Waals surface area contributed by atoms with Crippen molar-refractivity contribution in [3.05, 3.63) is 35.9 Å². The predicted octanol–water partition coefficient (Wildman–Crippen LogP) is -0.171. The maximum Gasteiger partial charge on any atom is 0.325 e. The van der Waals surface area contributed by atoms with Crippen molar-refractivity contribution in [3.63, 3.8) is 0 Å². The number of amides is 1. The van der Waals surface area contributed by atoms with Crippen LogP contribution >= 0.6 is 0 Å². The lowest BCUT2D eigenvalue weighted by Crippen LogP contribution is -2.40. The van der Waals surface area contributed by atoms with Crippen LogP contribution in [-0.4, -0.2) is 74.8 Å². The second kappa shape index (κ2) is 12.9. The molecule has 1 aliphatic rings. The lowest BCUT2D eigenvalue weighted by molar-refractivity contribution is -0.147. The zero-order valence-corrected chi connectivity index (χ0v) is 16.5. The van der Waals surface area contributed by atoms with E-state index in [2.05, 4.69) is 10.2 Å². The molecule has 1 unspecified atom stereocenters. The number of hydrogen-bond acceptors (Lipinski definition) is 8. The van der Waals surface area contributed by atoms with Crippen LogP contribution < -0.4 is 11.1 Å². The summed E-state index contributed by atoms with van der Waals surface area (Å²) in [5.41, 5.74) is 6.64. The van der Waals surface area contributed by atoms with Gasteiger partial charge in [-0.25, -0.2) is 0 Å². The van der Waals surface area contributed by atoms with Gasteiger partial charge in [0, 0.05) is 26.1 Å². The van der Waals surface area contributed by atoms with Gasteiger partial charge in [-0.05, 0) is 12.0 Å². The van der Waals surface area contributed by atoms with Crippen molar-refractivity contribution in [2.24, 2.45) is 5.73 Å². The maximum absolute atomic E-state index is 11.9. The average Bonchev–Trinajstić information content (AvgIpc) is 2.76. The van der Waals surface area contributed by atoms with Gasteiger partial charge in [-0.1, -0.05) is 30.3 Å². The van der Waals surface area contributed by atoms with Crippen LogP contribution in [-0.2, 0) is 35.2 Å². The third-order valence-electron chi connectivity index (χ3n) is 4.41. The van der Waals surface area contributed by atoms with Gasteiger partial charge in [0.05, 0.1) is 13.2 Å². The Morgan fingerprint density at radius 3 is 2.59 bits per heavy atom. The summed E-state index contributed by atoms with van der Waals surface area (Å²) in [6.45, 7) is 3.81. The Morgan fingerprint density at radius 1 is 1.14 bits per heavy atom. The highest BCUT2D eigenvalue weighted by Gasteiger charge is 2.18. The molecule has 1 atom stereocenters. The van der Waals surface area contributed by atoms with Gasteiger partial charge in [-0.2, -0.15) is 0 Å². The first-order valence-corrected chi connectivity index (χ1v) is 9.73. The Balaban J connectivity index is 1.52. The van der Waals surface area contributed by atoms with E-state index in [0.717, 1.165) is 18.7 Å². The number of benzene rings is 1. The van der Waals surface area contributed by atoms with E-state index in [0.29, 0.717) is 19.8 Å². The molecule has 2 rings (SSSR count). The van der Waals surface area contributed by atoms with Crippen LogP contribution in [0.5, 0.6) is 0 Å². The predicted molar refractivity (Wildman–Crippen MR) is 105 cm³/mol. The summed E-state index contributed by atoms with van der Waals surface area (Å²) < 4.78 is 15.5. The number of carbonyl (C=O) groups excluding carboxylic acids is 3. The van der Waals surface area contributed by atoms with E-state index in [4.69, 9.17) is 19.9 Å². The van der Waals surface area contributed by atoms with Gasteiger partial charge >= 0.3 is 11.9 Å².